The number of pyridine rings is 1. The molecular weight excluding hydrogens is 360 g/mol. The van der Waals surface area contributed by atoms with E-state index < -0.39 is 0 Å². The number of likely N-dealkylation sites (tertiary alicyclic amines) is 2. The Labute approximate surface area is 162 Å². The normalized spacial score (nSPS) is 20.0. The lowest BCUT2D eigenvalue weighted by Crippen LogP contribution is -2.27. The van der Waals surface area contributed by atoms with Crippen LogP contribution in [0.1, 0.15) is 47.9 Å². The Morgan fingerprint density at radius 3 is 2.93 bits per heavy atom. The zero-order chi connectivity index (χ0) is 18.6. The first kappa shape index (κ1) is 17.9. The fraction of sp³-hybridized carbons (Fsp3) is 0.474. The highest BCUT2D eigenvalue weighted by Crippen LogP contribution is 2.31. The van der Waals surface area contributed by atoms with Crippen molar-refractivity contribution in [2.45, 2.75) is 31.7 Å². The number of nitrogens with one attached hydrogen (secondary N) is 1. The maximum Gasteiger partial charge on any atom is 0.273 e. The fourth-order valence-corrected chi connectivity index (χ4v) is 4.46. The highest BCUT2D eigenvalue weighted by atomic mass is 32.1. The SMILES string of the molecule is N#CCN1CCC[C@H]1c1cccc(Nc2nc(C(=O)N3CCCC3)cs2)n1. The molecule has 140 valence electrons. The molecule has 0 bridgehead atoms. The van der Waals surface area contributed by atoms with Gasteiger partial charge in [-0.1, -0.05) is 6.07 Å². The molecule has 27 heavy (non-hydrogen) atoms. The largest absolute Gasteiger partial charge is 0.337 e. The summed E-state index contributed by atoms with van der Waals surface area (Å²) in [5, 5.41) is 14.7. The molecule has 2 aromatic heterocycles. The van der Waals surface area contributed by atoms with Crippen LogP contribution in [0.2, 0.25) is 0 Å². The van der Waals surface area contributed by atoms with Crippen molar-refractivity contribution >= 4 is 28.2 Å². The summed E-state index contributed by atoms with van der Waals surface area (Å²) in [4.78, 5) is 25.6. The first-order valence-electron chi connectivity index (χ1n) is 9.34. The molecule has 1 atom stereocenters. The van der Waals surface area contributed by atoms with Crippen LogP contribution in [0.15, 0.2) is 23.6 Å². The molecule has 0 unspecified atom stereocenters. The van der Waals surface area contributed by atoms with Crippen LogP contribution in [0.4, 0.5) is 10.9 Å². The van der Waals surface area contributed by atoms with Crippen molar-refractivity contribution in [1.29, 1.82) is 5.26 Å². The number of aromatic nitrogens is 2. The molecule has 1 amide bonds. The minimum atomic E-state index is 0.0108. The Hall–Kier alpha value is -2.50. The number of carbonyl (C=O) groups is 1. The van der Waals surface area contributed by atoms with Gasteiger partial charge in [0, 0.05) is 18.5 Å². The summed E-state index contributed by atoms with van der Waals surface area (Å²) >= 11 is 1.42. The molecule has 0 radical (unpaired) electrons. The topological polar surface area (TPSA) is 85.2 Å². The van der Waals surface area contributed by atoms with E-state index in [0.29, 0.717) is 23.2 Å². The van der Waals surface area contributed by atoms with Crippen LogP contribution < -0.4 is 5.32 Å². The quantitative estimate of drug-likeness (QED) is 0.800. The van der Waals surface area contributed by atoms with Crippen LogP contribution in [0, 0.1) is 11.3 Å². The van der Waals surface area contributed by atoms with Gasteiger partial charge in [0.2, 0.25) is 0 Å². The summed E-state index contributed by atoms with van der Waals surface area (Å²) in [6, 6.07) is 8.31. The van der Waals surface area contributed by atoms with Crippen molar-refractivity contribution in [2.75, 3.05) is 31.5 Å². The molecule has 1 N–H and O–H groups in total. The molecule has 4 rings (SSSR count). The summed E-state index contributed by atoms with van der Waals surface area (Å²) < 4.78 is 0. The first-order valence-corrected chi connectivity index (χ1v) is 10.2. The van der Waals surface area contributed by atoms with E-state index in [1.54, 1.807) is 5.38 Å². The smallest absolute Gasteiger partial charge is 0.273 e. The number of thiazole rings is 1. The van der Waals surface area contributed by atoms with E-state index in [2.05, 4.69) is 21.3 Å². The van der Waals surface area contributed by atoms with Gasteiger partial charge in [0.15, 0.2) is 5.13 Å². The van der Waals surface area contributed by atoms with Gasteiger partial charge in [0.05, 0.1) is 24.3 Å². The molecule has 2 saturated heterocycles. The predicted molar refractivity (Wildman–Crippen MR) is 104 cm³/mol. The van der Waals surface area contributed by atoms with Gasteiger partial charge in [-0.05, 0) is 44.4 Å². The second-order valence-corrected chi connectivity index (χ2v) is 7.75. The average molecular weight is 382 g/mol. The maximum absolute atomic E-state index is 12.4. The molecular formula is C19H22N6OS. The van der Waals surface area contributed by atoms with Crippen molar-refractivity contribution in [3.63, 3.8) is 0 Å². The number of hydrogen-bond acceptors (Lipinski definition) is 7. The van der Waals surface area contributed by atoms with E-state index in [1.807, 2.05) is 23.1 Å². The van der Waals surface area contributed by atoms with Gasteiger partial charge in [-0.25, -0.2) is 9.97 Å². The zero-order valence-corrected chi connectivity index (χ0v) is 15.9. The van der Waals surface area contributed by atoms with Crippen LogP contribution in [-0.4, -0.2) is 51.9 Å². The third-order valence-electron chi connectivity index (χ3n) is 5.10. The monoisotopic (exact) mass is 382 g/mol. The molecule has 2 aliphatic rings. The summed E-state index contributed by atoms with van der Waals surface area (Å²) in [7, 11) is 0. The first-order chi connectivity index (χ1) is 13.2. The van der Waals surface area contributed by atoms with Crippen molar-refractivity contribution in [3.8, 4) is 6.07 Å². The molecule has 8 heteroatoms. The number of rotatable bonds is 5. The van der Waals surface area contributed by atoms with E-state index in [-0.39, 0.29) is 11.9 Å². The average Bonchev–Trinajstić information content (AvgIpc) is 3.44. The third kappa shape index (κ3) is 3.94. The lowest BCUT2D eigenvalue weighted by atomic mass is 10.1. The number of nitriles is 1. The van der Waals surface area contributed by atoms with Gasteiger partial charge in [0.1, 0.15) is 11.5 Å². The van der Waals surface area contributed by atoms with Gasteiger partial charge in [-0.3, -0.25) is 9.69 Å². The van der Waals surface area contributed by atoms with Crippen molar-refractivity contribution in [3.05, 3.63) is 35.0 Å². The van der Waals surface area contributed by atoms with Crippen molar-refractivity contribution in [1.82, 2.24) is 19.8 Å². The van der Waals surface area contributed by atoms with E-state index >= 15 is 0 Å². The minimum Gasteiger partial charge on any atom is -0.337 e. The van der Waals surface area contributed by atoms with Gasteiger partial charge in [-0.2, -0.15) is 5.26 Å². The van der Waals surface area contributed by atoms with E-state index in [9.17, 15) is 4.79 Å². The molecule has 0 aromatic carbocycles. The summed E-state index contributed by atoms with van der Waals surface area (Å²) in [5.41, 5.74) is 1.47. The Morgan fingerprint density at radius 1 is 1.26 bits per heavy atom. The standard InChI is InChI=1S/C19H22N6OS/c20-8-12-24-11-4-6-16(24)14-5-3-7-17(21-14)23-19-22-15(13-27-19)18(26)25-9-1-2-10-25/h3,5,7,13,16H,1-2,4,6,9-12H2,(H,21,22,23)/t16-/m0/s1. The molecule has 2 fully saturated rings. The molecule has 7 nitrogen and oxygen atoms in total. The number of carbonyl (C=O) groups excluding carboxylic acids is 1. The van der Waals surface area contributed by atoms with Crippen molar-refractivity contribution in [2.24, 2.45) is 0 Å². The van der Waals surface area contributed by atoms with E-state index in [4.69, 9.17) is 10.2 Å². The summed E-state index contributed by atoms with van der Waals surface area (Å²) in [5.74, 6) is 0.724. The Kier molecular flexibility index (Phi) is 5.32. The van der Waals surface area contributed by atoms with Crippen LogP contribution >= 0.6 is 11.3 Å². The third-order valence-corrected chi connectivity index (χ3v) is 5.86. The molecule has 2 aliphatic heterocycles. The Bertz CT molecular complexity index is 854. The van der Waals surface area contributed by atoms with Gasteiger partial charge >= 0.3 is 0 Å². The minimum absolute atomic E-state index is 0.0108. The summed E-state index contributed by atoms with van der Waals surface area (Å²) in [6.45, 7) is 3.01. The molecule has 0 aliphatic carbocycles. The number of nitrogens with zero attached hydrogens (tertiary/aromatic N) is 5. The highest BCUT2D eigenvalue weighted by Gasteiger charge is 2.27. The molecule has 4 heterocycles. The number of anilines is 2. The number of hydrogen-bond donors (Lipinski definition) is 1. The van der Waals surface area contributed by atoms with Gasteiger partial charge in [0.25, 0.3) is 5.91 Å². The molecule has 2 aromatic rings. The predicted octanol–water partition coefficient (Wildman–Crippen LogP) is 3.18. The summed E-state index contributed by atoms with van der Waals surface area (Å²) in [6.07, 6.45) is 4.24. The van der Waals surface area contributed by atoms with Gasteiger partial charge in [-0.15, -0.1) is 11.3 Å². The molecule has 0 spiro atoms. The maximum atomic E-state index is 12.4. The van der Waals surface area contributed by atoms with E-state index in [0.717, 1.165) is 51.0 Å². The molecule has 0 saturated carbocycles. The second kappa shape index (κ2) is 8.03. The number of amides is 1. The Balaban J connectivity index is 1.46. The zero-order valence-electron chi connectivity index (χ0n) is 15.1. The second-order valence-electron chi connectivity index (χ2n) is 6.90. The lowest BCUT2D eigenvalue weighted by Gasteiger charge is -2.21. The van der Waals surface area contributed by atoms with Crippen LogP contribution in [0.5, 0.6) is 0 Å². The van der Waals surface area contributed by atoms with Crippen LogP contribution in [0.3, 0.4) is 0 Å². The fourth-order valence-electron chi connectivity index (χ4n) is 3.77. The van der Waals surface area contributed by atoms with E-state index in [1.165, 1.54) is 11.3 Å². The van der Waals surface area contributed by atoms with Crippen LogP contribution in [-0.2, 0) is 0 Å². The van der Waals surface area contributed by atoms with Crippen molar-refractivity contribution < 1.29 is 4.79 Å². The highest BCUT2D eigenvalue weighted by molar-refractivity contribution is 7.14. The van der Waals surface area contributed by atoms with Gasteiger partial charge < -0.3 is 10.2 Å². The lowest BCUT2D eigenvalue weighted by molar-refractivity contribution is 0.0788. The Morgan fingerprint density at radius 2 is 2.11 bits per heavy atom. The van der Waals surface area contributed by atoms with Crippen LogP contribution in [0.25, 0.3) is 0 Å².